The van der Waals surface area contributed by atoms with Gasteiger partial charge in [0.1, 0.15) is 18.0 Å². The fourth-order valence-electron chi connectivity index (χ4n) is 1.47. The summed E-state index contributed by atoms with van der Waals surface area (Å²) in [5, 5.41) is 19.5. The Labute approximate surface area is 102 Å². The first kappa shape index (κ1) is 13.6. The Morgan fingerprint density at radius 2 is 2.28 bits per heavy atom. The maximum absolute atomic E-state index is 13.1. The Hall–Kier alpha value is -2.44. The molecular formula is C11H11FN2O4. The summed E-state index contributed by atoms with van der Waals surface area (Å²) < 4.78 is 13.1. The highest BCUT2D eigenvalue weighted by molar-refractivity contribution is 5.76. The van der Waals surface area contributed by atoms with Crippen LogP contribution in [0.1, 0.15) is 0 Å². The number of nitrogens with zero attached hydrogens (tertiary/aromatic N) is 2. The van der Waals surface area contributed by atoms with Crippen molar-refractivity contribution in [3.63, 3.8) is 0 Å². The zero-order valence-corrected chi connectivity index (χ0v) is 9.38. The van der Waals surface area contributed by atoms with Gasteiger partial charge in [-0.2, -0.15) is 0 Å². The summed E-state index contributed by atoms with van der Waals surface area (Å²) in [6.45, 7) is 3.02. The fraction of sp³-hybridized carbons (Fsp3) is 0.182. The highest BCUT2D eigenvalue weighted by Crippen LogP contribution is 2.28. The van der Waals surface area contributed by atoms with Crippen molar-refractivity contribution in [1.29, 1.82) is 0 Å². The van der Waals surface area contributed by atoms with Gasteiger partial charge in [0.15, 0.2) is 0 Å². The summed E-state index contributed by atoms with van der Waals surface area (Å²) in [6, 6.07) is 2.89. The molecule has 0 heterocycles. The number of halogens is 1. The number of carboxylic acids is 1. The first-order chi connectivity index (χ1) is 8.45. The lowest BCUT2D eigenvalue weighted by atomic mass is 10.2. The molecule has 0 saturated carbocycles. The van der Waals surface area contributed by atoms with Gasteiger partial charge < -0.3 is 10.0 Å². The molecule has 0 aliphatic heterocycles. The number of anilines is 1. The van der Waals surface area contributed by atoms with Crippen LogP contribution >= 0.6 is 0 Å². The second-order valence-corrected chi connectivity index (χ2v) is 3.45. The fourth-order valence-corrected chi connectivity index (χ4v) is 1.47. The molecule has 1 aromatic rings. The van der Waals surface area contributed by atoms with Crippen molar-refractivity contribution >= 4 is 17.3 Å². The van der Waals surface area contributed by atoms with Crippen LogP contribution in [-0.4, -0.2) is 29.1 Å². The zero-order valence-electron chi connectivity index (χ0n) is 9.38. The molecule has 0 aliphatic carbocycles. The molecule has 0 spiro atoms. The second-order valence-electron chi connectivity index (χ2n) is 3.45. The van der Waals surface area contributed by atoms with Crippen molar-refractivity contribution in [2.75, 3.05) is 18.0 Å². The smallest absolute Gasteiger partial charge is 0.323 e. The minimum atomic E-state index is -1.17. The Balaban J connectivity index is 3.23. The molecule has 0 unspecified atom stereocenters. The molecule has 0 aliphatic rings. The van der Waals surface area contributed by atoms with Crippen molar-refractivity contribution < 1.29 is 19.2 Å². The molecule has 18 heavy (non-hydrogen) atoms. The standard InChI is InChI=1S/C11H11FN2O4/c1-2-5-13(7-11(15)16)10-6-8(12)3-4-9(10)14(17)18/h2-4,6H,1,5,7H2,(H,15,16). The van der Waals surface area contributed by atoms with E-state index in [9.17, 15) is 19.3 Å². The minimum Gasteiger partial charge on any atom is -0.480 e. The van der Waals surface area contributed by atoms with Crippen LogP contribution in [0.2, 0.25) is 0 Å². The summed E-state index contributed by atoms with van der Waals surface area (Å²) in [4.78, 5) is 22.0. The van der Waals surface area contributed by atoms with Crippen LogP contribution in [0.3, 0.4) is 0 Å². The number of nitro groups is 1. The number of carbonyl (C=O) groups is 1. The van der Waals surface area contributed by atoms with Crippen molar-refractivity contribution in [3.8, 4) is 0 Å². The van der Waals surface area contributed by atoms with E-state index < -0.39 is 23.3 Å². The molecule has 0 atom stereocenters. The van der Waals surface area contributed by atoms with Gasteiger partial charge in [0.05, 0.1) is 4.92 Å². The van der Waals surface area contributed by atoms with Gasteiger partial charge in [0.2, 0.25) is 0 Å². The molecule has 0 fully saturated rings. The van der Waals surface area contributed by atoms with E-state index in [0.717, 1.165) is 23.1 Å². The molecule has 0 radical (unpaired) electrons. The van der Waals surface area contributed by atoms with Crippen LogP contribution in [0.25, 0.3) is 0 Å². The largest absolute Gasteiger partial charge is 0.480 e. The van der Waals surface area contributed by atoms with Gasteiger partial charge >= 0.3 is 5.97 Å². The first-order valence-corrected chi connectivity index (χ1v) is 4.97. The quantitative estimate of drug-likeness (QED) is 0.475. The third-order valence-corrected chi connectivity index (χ3v) is 2.15. The number of carboxylic acid groups (broad SMARTS) is 1. The van der Waals surface area contributed by atoms with E-state index in [2.05, 4.69) is 6.58 Å². The number of hydrogen-bond acceptors (Lipinski definition) is 4. The molecule has 1 rings (SSSR count). The summed E-state index contributed by atoms with van der Waals surface area (Å²) in [5.74, 6) is -1.84. The normalized spacial score (nSPS) is 9.83. The number of nitro benzene ring substituents is 1. The maximum Gasteiger partial charge on any atom is 0.323 e. The van der Waals surface area contributed by atoms with Gasteiger partial charge in [-0.25, -0.2) is 4.39 Å². The van der Waals surface area contributed by atoms with Crippen LogP contribution in [0, 0.1) is 15.9 Å². The molecule has 0 saturated heterocycles. The molecular weight excluding hydrogens is 243 g/mol. The van der Waals surface area contributed by atoms with E-state index in [1.54, 1.807) is 0 Å². The summed E-state index contributed by atoms with van der Waals surface area (Å²) in [5.41, 5.74) is -0.429. The van der Waals surface area contributed by atoms with E-state index in [0.29, 0.717) is 0 Å². The average Bonchev–Trinajstić information content (AvgIpc) is 2.27. The van der Waals surface area contributed by atoms with Gasteiger partial charge in [-0.15, -0.1) is 6.58 Å². The highest BCUT2D eigenvalue weighted by Gasteiger charge is 2.21. The van der Waals surface area contributed by atoms with Crippen LogP contribution in [-0.2, 0) is 4.79 Å². The number of aliphatic carboxylic acids is 1. The van der Waals surface area contributed by atoms with E-state index in [1.807, 2.05) is 0 Å². The lowest BCUT2D eigenvalue weighted by Gasteiger charge is -2.20. The number of rotatable bonds is 6. The average molecular weight is 254 g/mol. The van der Waals surface area contributed by atoms with E-state index in [-0.39, 0.29) is 17.9 Å². The van der Waals surface area contributed by atoms with Crippen LogP contribution in [0.4, 0.5) is 15.8 Å². The van der Waals surface area contributed by atoms with Crippen molar-refractivity contribution in [2.24, 2.45) is 0 Å². The van der Waals surface area contributed by atoms with Gasteiger partial charge in [0, 0.05) is 18.7 Å². The van der Waals surface area contributed by atoms with E-state index >= 15 is 0 Å². The van der Waals surface area contributed by atoms with E-state index in [1.165, 1.54) is 6.08 Å². The minimum absolute atomic E-state index is 0.0661. The van der Waals surface area contributed by atoms with Gasteiger partial charge in [0.25, 0.3) is 5.69 Å². The van der Waals surface area contributed by atoms with Crippen LogP contribution in [0.5, 0.6) is 0 Å². The third-order valence-electron chi connectivity index (χ3n) is 2.15. The van der Waals surface area contributed by atoms with Crippen LogP contribution in [0.15, 0.2) is 30.9 Å². The monoisotopic (exact) mass is 254 g/mol. The SMILES string of the molecule is C=CCN(CC(=O)O)c1cc(F)ccc1[N+](=O)[O-]. The highest BCUT2D eigenvalue weighted by atomic mass is 19.1. The molecule has 0 aromatic heterocycles. The molecule has 96 valence electrons. The Morgan fingerprint density at radius 3 is 2.78 bits per heavy atom. The Morgan fingerprint density at radius 1 is 1.61 bits per heavy atom. The lowest BCUT2D eigenvalue weighted by molar-refractivity contribution is -0.384. The summed E-state index contributed by atoms with van der Waals surface area (Å²) >= 11 is 0. The zero-order chi connectivity index (χ0) is 13.7. The van der Waals surface area contributed by atoms with Crippen LogP contribution < -0.4 is 4.90 Å². The number of hydrogen-bond donors (Lipinski definition) is 1. The van der Waals surface area contributed by atoms with Gasteiger partial charge in [-0.3, -0.25) is 14.9 Å². The van der Waals surface area contributed by atoms with Gasteiger partial charge in [-0.1, -0.05) is 6.08 Å². The lowest BCUT2D eigenvalue weighted by Crippen LogP contribution is -2.30. The predicted octanol–water partition coefficient (Wildman–Crippen LogP) is 1.81. The predicted molar refractivity (Wildman–Crippen MR) is 63.1 cm³/mol. The van der Waals surface area contributed by atoms with Crippen molar-refractivity contribution in [3.05, 3.63) is 46.8 Å². The molecule has 1 N–H and O–H groups in total. The second kappa shape index (κ2) is 5.76. The molecule has 0 bridgehead atoms. The maximum atomic E-state index is 13.1. The van der Waals surface area contributed by atoms with E-state index in [4.69, 9.17) is 5.11 Å². The Kier molecular flexibility index (Phi) is 4.36. The first-order valence-electron chi connectivity index (χ1n) is 4.97. The molecule has 6 nitrogen and oxygen atoms in total. The number of benzene rings is 1. The summed E-state index contributed by atoms with van der Waals surface area (Å²) in [6.07, 6.45) is 1.39. The molecule has 1 aromatic carbocycles. The van der Waals surface area contributed by atoms with Gasteiger partial charge in [-0.05, 0) is 6.07 Å². The Bertz CT molecular complexity index is 490. The van der Waals surface area contributed by atoms with Crippen molar-refractivity contribution in [1.82, 2.24) is 0 Å². The van der Waals surface area contributed by atoms with Crippen molar-refractivity contribution in [2.45, 2.75) is 0 Å². The molecule has 7 heteroatoms. The third kappa shape index (κ3) is 3.27. The topological polar surface area (TPSA) is 83.7 Å². The molecule has 0 amide bonds. The summed E-state index contributed by atoms with van der Waals surface area (Å²) in [7, 11) is 0.